The number of rotatable bonds is 5. The molecule has 2 heterocycles. The molecule has 26 heavy (non-hydrogen) atoms. The zero-order chi connectivity index (χ0) is 18.7. The van der Waals surface area contributed by atoms with Crippen LogP contribution >= 0.6 is 11.3 Å². The first-order chi connectivity index (χ1) is 12.5. The zero-order valence-corrected chi connectivity index (χ0v) is 15.8. The van der Waals surface area contributed by atoms with E-state index in [2.05, 4.69) is 33.6 Å². The number of hydrogen-bond acceptors (Lipinski definition) is 5. The molecule has 0 aliphatic rings. The van der Waals surface area contributed by atoms with E-state index >= 15 is 0 Å². The molecule has 2 aromatic heterocycles. The first-order valence-electron chi connectivity index (χ1n) is 8.40. The van der Waals surface area contributed by atoms with Crippen LogP contribution in [0.25, 0.3) is 11.3 Å². The van der Waals surface area contributed by atoms with Crippen LogP contribution in [0.2, 0.25) is 0 Å². The average Bonchev–Trinajstić information content (AvgIpc) is 3.07. The minimum atomic E-state index is -0.378. The third-order valence-electron chi connectivity index (χ3n) is 3.93. The van der Waals surface area contributed by atoms with Crippen molar-refractivity contribution < 1.29 is 4.79 Å². The molecule has 6 nitrogen and oxygen atoms in total. The second kappa shape index (κ2) is 7.61. The number of thiazole rings is 1. The van der Waals surface area contributed by atoms with Gasteiger partial charge in [0.15, 0.2) is 5.13 Å². The molecular weight excluding hydrogens is 348 g/mol. The van der Waals surface area contributed by atoms with E-state index in [1.165, 1.54) is 28.2 Å². The van der Waals surface area contributed by atoms with Crippen molar-refractivity contribution in [2.75, 3.05) is 5.32 Å². The Morgan fingerprint density at radius 3 is 2.81 bits per heavy atom. The minimum absolute atomic E-state index is 0.196. The maximum absolute atomic E-state index is 12.4. The van der Waals surface area contributed by atoms with Crippen molar-refractivity contribution >= 4 is 22.4 Å². The fourth-order valence-corrected chi connectivity index (χ4v) is 3.28. The molecule has 0 fully saturated rings. The third kappa shape index (κ3) is 3.88. The Balaban J connectivity index is 1.81. The molecule has 0 saturated carbocycles. The van der Waals surface area contributed by atoms with E-state index in [0.717, 1.165) is 28.8 Å². The summed E-state index contributed by atoms with van der Waals surface area (Å²) < 4.78 is 1.30. The summed E-state index contributed by atoms with van der Waals surface area (Å²) in [6.45, 7) is 6.50. The first kappa shape index (κ1) is 18.0. The fraction of sp³-hybridized carbons (Fsp3) is 0.263. The minimum Gasteiger partial charge on any atom is -0.296 e. The Hall–Kier alpha value is -2.80. The molecule has 0 atom stereocenters. The molecule has 1 N–H and O–H groups in total. The first-order valence-corrected chi connectivity index (χ1v) is 9.28. The summed E-state index contributed by atoms with van der Waals surface area (Å²) in [6.07, 6.45) is 0.768. The highest BCUT2D eigenvalue weighted by atomic mass is 32.1. The Morgan fingerprint density at radius 1 is 1.23 bits per heavy atom. The van der Waals surface area contributed by atoms with E-state index in [4.69, 9.17) is 0 Å². The maximum atomic E-state index is 12.4. The highest BCUT2D eigenvalue weighted by Gasteiger charge is 2.13. The molecule has 0 aliphatic carbocycles. The van der Waals surface area contributed by atoms with Gasteiger partial charge in [0.2, 0.25) is 0 Å². The zero-order valence-electron chi connectivity index (χ0n) is 14.9. The van der Waals surface area contributed by atoms with Crippen molar-refractivity contribution in [2.24, 2.45) is 0 Å². The largest absolute Gasteiger partial charge is 0.296 e. The van der Waals surface area contributed by atoms with E-state index in [1.807, 2.05) is 26.2 Å². The number of aromatic nitrogens is 3. The van der Waals surface area contributed by atoms with E-state index < -0.39 is 0 Å². The van der Waals surface area contributed by atoms with Crippen molar-refractivity contribution in [3.05, 3.63) is 62.9 Å². The summed E-state index contributed by atoms with van der Waals surface area (Å²) in [5.74, 6) is -0.378. The average molecular weight is 368 g/mol. The van der Waals surface area contributed by atoms with Crippen LogP contribution in [0.3, 0.4) is 0 Å². The number of hydrogen-bond donors (Lipinski definition) is 1. The maximum Gasteiger partial charge on any atom is 0.277 e. The van der Waals surface area contributed by atoms with Gasteiger partial charge in [-0.15, -0.1) is 11.3 Å². The SMILES string of the molecule is CCCn1nc(C(=O)Nc2nc(-c3cc(C)ccc3C)cs2)ccc1=O. The number of amides is 1. The lowest BCUT2D eigenvalue weighted by molar-refractivity contribution is 0.101. The summed E-state index contributed by atoms with van der Waals surface area (Å²) in [5.41, 5.74) is 4.15. The van der Waals surface area contributed by atoms with Gasteiger partial charge in [-0.3, -0.25) is 14.9 Å². The van der Waals surface area contributed by atoms with Crippen molar-refractivity contribution in [2.45, 2.75) is 33.7 Å². The monoisotopic (exact) mass is 368 g/mol. The lowest BCUT2D eigenvalue weighted by Crippen LogP contribution is -2.26. The molecule has 0 radical (unpaired) electrons. The molecule has 134 valence electrons. The summed E-state index contributed by atoms with van der Waals surface area (Å²) in [6, 6.07) is 9.00. The van der Waals surface area contributed by atoms with Crippen LogP contribution in [0.15, 0.2) is 40.5 Å². The van der Waals surface area contributed by atoms with Crippen molar-refractivity contribution in [1.82, 2.24) is 14.8 Å². The van der Waals surface area contributed by atoms with Crippen LogP contribution in [-0.4, -0.2) is 20.7 Å². The van der Waals surface area contributed by atoms with Gasteiger partial charge in [-0.25, -0.2) is 9.67 Å². The van der Waals surface area contributed by atoms with Gasteiger partial charge in [0.05, 0.1) is 5.69 Å². The smallest absolute Gasteiger partial charge is 0.277 e. The van der Waals surface area contributed by atoms with Crippen LogP contribution in [0.5, 0.6) is 0 Å². The molecule has 0 spiro atoms. The van der Waals surface area contributed by atoms with E-state index in [1.54, 1.807) is 0 Å². The number of nitrogens with zero attached hydrogens (tertiary/aromatic N) is 3. The van der Waals surface area contributed by atoms with E-state index in [9.17, 15) is 9.59 Å². The molecule has 3 rings (SSSR count). The Morgan fingerprint density at radius 2 is 2.04 bits per heavy atom. The predicted octanol–water partition coefficient (Wildman–Crippen LogP) is 3.65. The van der Waals surface area contributed by atoms with Gasteiger partial charge in [0.25, 0.3) is 11.5 Å². The van der Waals surface area contributed by atoms with Gasteiger partial charge >= 0.3 is 0 Å². The van der Waals surface area contributed by atoms with Crippen LogP contribution in [0.1, 0.15) is 35.0 Å². The summed E-state index contributed by atoms with van der Waals surface area (Å²) in [5, 5.41) is 9.30. The topological polar surface area (TPSA) is 76.9 Å². The number of benzene rings is 1. The molecular formula is C19H20N4O2S. The van der Waals surface area contributed by atoms with Crippen LogP contribution in [-0.2, 0) is 6.54 Å². The summed E-state index contributed by atoms with van der Waals surface area (Å²) in [4.78, 5) is 28.7. The second-order valence-corrected chi connectivity index (χ2v) is 6.95. The normalized spacial score (nSPS) is 10.7. The summed E-state index contributed by atoms with van der Waals surface area (Å²) in [7, 11) is 0. The van der Waals surface area contributed by atoms with Crippen LogP contribution in [0.4, 0.5) is 5.13 Å². The molecule has 0 saturated heterocycles. The van der Waals surface area contributed by atoms with Crippen LogP contribution in [0, 0.1) is 13.8 Å². The van der Waals surface area contributed by atoms with Crippen LogP contribution < -0.4 is 10.9 Å². The highest BCUT2D eigenvalue weighted by Crippen LogP contribution is 2.28. The Kier molecular flexibility index (Phi) is 5.27. The number of anilines is 1. The van der Waals surface area contributed by atoms with Gasteiger partial charge < -0.3 is 0 Å². The Bertz CT molecular complexity index is 1010. The van der Waals surface area contributed by atoms with Crippen molar-refractivity contribution in [3.8, 4) is 11.3 Å². The highest BCUT2D eigenvalue weighted by molar-refractivity contribution is 7.14. The number of aryl methyl sites for hydroxylation is 3. The quantitative estimate of drug-likeness (QED) is 0.746. The van der Waals surface area contributed by atoms with E-state index in [0.29, 0.717) is 11.7 Å². The molecule has 3 aromatic rings. The molecule has 7 heteroatoms. The van der Waals surface area contributed by atoms with Gasteiger partial charge in [0.1, 0.15) is 5.69 Å². The van der Waals surface area contributed by atoms with Gasteiger partial charge in [0, 0.05) is 23.6 Å². The lowest BCUT2D eigenvalue weighted by atomic mass is 10.0. The number of nitrogens with one attached hydrogen (secondary N) is 1. The van der Waals surface area contributed by atoms with Gasteiger partial charge in [-0.05, 0) is 38.0 Å². The number of carbonyl (C=O) groups excluding carboxylic acids is 1. The van der Waals surface area contributed by atoms with Crippen molar-refractivity contribution in [3.63, 3.8) is 0 Å². The fourth-order valence-electron chi connectivity index (χ4n) is 2.57. The molecule has 1 amide bonds. The van der Waals surface area contributed by atoms with E-state index in [-0.39, 0.29) is 17.2 Å². The lowest BCUT2D eigenvalue weighted by Gasteiger charge is -2.05. The summed E-state index contributed by atoms with van der Waals surface area (Å²) >= 11 is 1.36. The molecule has 0 aliphatic heterocycles. The standard InChI is InChI=1S/C19H20N4O2S/c1-4-9-23-17(24)8-7-15(22-23)18(25)21-19-20-16(11-26-19)14-10-12(2)5-6-13(14)3/h5-8,10-11H,4,9H2,1-3H3,(H,20,21,25). The Labute approximate surface area is 155 Å². The molecule has 0 bridgehead atoms. The van der Waals surface area contributed by atoms with Gasteiger partial charge in [-0.1, -0.05) is 24.6 Å². The van der Waals surface area contributed by atoms with Crippen molar-refractivity contribution in [1.29, 1.82) is 0 Å². The third-order valence-corrected chi connectivity index (χ3v) is 4.69. The van der Waals surface area contributed by atoms with Gasteiger partial charge in [-0.2, -0.15) is 5.10 Å². The molecule has 1 aromatic carbocycles. The molecule has 0 unspecified atom stereocenters. The predicted molar refractivity (Wildman–Crippen MR) is 104 cm³/mol. The second-order valence-electron chi connectivity index (χ2n) is 6.09. The number of carbonyl (C=O) groups is 1.